The molecule has 0 aliphatic carbocycles. The maximum atomic E-state index is 13.6. The SMILES string of the molecule is COc1ccc2c(c1F)NCC(O)C2. The first-order chi connectivity index (χ1) is 6.72. The van der Waals surface area contributed by atoms with Crippen LogP contribution in [-0.2, 0) is 6.42 Å². The van der Waals surface area contributed by atoms with E-state index in [2.05, 4.69) is 5.32 Å². The number of methoxy groups -OCH3 is 1. The molecule has 1 aromatic carbocycles. The Morgan fingerprint density at radius 1 is 1.57 bits per heavy atom. The third-order valence-electron chi connectivity index (χ3n) is 2.38. The summed E-state index contributed by atoms with van der Waals surface area (Å²) < 4.78 is 18.5. The van der Waals surface area contributed by atoms with E-state index in [-0.39, 0.29) is 11.6 Å². The van der Waals surface area contributed by atoms with Gasteiger partial charge in [0.25, 0.3) is 0 Å². The van der Waals surface area contributed by atoms with Crippen LogP contribution in [0.15, 0.2) is 12.1 Å². The van der Waals surface area contributed by atoms with Crippen LogP contribution in [0.4, 0.5) is 10.1 Å². The van der Waals surface area contributed by atoms with E-state index < -0.39 is 6.10 Å². The molecule has 0 aromatic heterocycles. The number of aliphatic hydroxyl groups is 1. The van der Waals surface area contributed by atoms with Gasteiger partial charge in [-0.05, 0) is 11.6 Å². The largest absolute Gasteiger partial charge is 0.494 e. The normalized spacial score (nSPS) is 19.8. The number of β-amino-alcohol motifs (C(OH)–C–C–N with tert-alkyl or cyclic N) is 1. The standard InChI is InChI=1S/C10H12FNO2/c1-14-8-3-2-6-4-7(13)5-12-10(6)9(8)11/h2-3,7,12-13H,4-5H2,1H3. The number of halogens is 1. The number of nitrogens with one attached hydrogen (secondary N) is 1. The molecule has 0 bridgehead atoms. The predicted molar refractivity (Wildman–Crippen MR) is 51.2 cm³/mol. The number of hydrogen-bond donors (Lipinski definition) is 2. The molecule has 1 aliphatic heterocycles. The van der Waals surface area contributed by atoms with Gasteiger partial charge in [0.2, 0.25) is 0 Å². The number of hydrogen-bond acceptors (Lipinski definition) is 3. The summed E-state index contributed by atoms with van der Waals surface area (Å²) >= 11 is 0. The van der Waals surface area contributed by atoms with Crippen LogP contribution >= 0.6 is 0 Å². The zero-order valence-corrected chi connectivity index (χ0v) is 7.88. The molecule has 1 heterocycles. The molecule has 0 saturated carbocycles. The van der Waals surface area contributed by atoms with Gasteiger partial charge in [0.1, 0.15) is 0 Å². The van der Waals surface area contributed by atoms with Gasteiger partial charge < -0.3 is 15.2 Å². The van der Waals surface area contributed by atoms with Crippen molar-refractivity contribution >= 4 is 5.69 Å². The van der Waals surface area contributed by atoms with Crippen LogP contribution in [0.5, 0.6) is 5.75 Å². The summed E-state index contributed by atoms with van der Waals surface area (Å²) in [5, 5.41) is 12.2. The molecule has 4 heteroatoms. The smallest absolute Gasteiger partial charge is 0.188 e. The number of aliphatic hydroxyl groups excluding tert-OH is 1. The van der Waals surface area contributed by atoms with Crippen molar-refractivity contribution in [3.63, 3.8) is 0 Å². The van der Waals surface area contributed by atoms with Crippen LogP contribution in [0.3, 0.4) is 0 Å². The highest BCUT2D eigenvalue weighted by Crippen LogP contribution is 2.31. The number of benzene rings is 1. The first-order valence-corrected chi connectivity index (χ1v) is 4.49. The van der Waals surface area contributed by atoms with Crippen molar-refractivity contribution < 1.29 is 14.2 Å². The third-order valence-corrected chi connectivity index (χ3v) is 2.38. The number of fused-ring (bicyclic) bond motifs is 1. The molecule has 0 amide bonds. The van der Waals surface area contributed by atoms with Crippen molar-refractivity contribution in [2.45, 2.75) is 12.5 Å². The molecule has 76 valence electrons. The van der Waals surface area contributed by atoms with E-state index in [1.807, 2.05) is 0 Å². The molecule has 1 aliphatic rings. The highest BCUT2D eigenvalue weighted by Gasteiger charge is 2.20. The second-order valence-electron chi connectivity index (χ2n) is 3.35. The van der Waals surface area contributed by atoms with Gasteiger partial charge in [-0.2, -0.15) is 0 Å². The monoisotopic (exact) mass is 197 g/mol. The first-order valence-electron chi connectivity index (χ1n) is 4.49. The zero-order chi connectivity index (χ0) is 10.1. The number of rotatable bonds is 1. The maximum absolute atomic E-state index is 13.6. The van der Waals surface area contributed by atoms with E-state index in [0.717, 1.165) is 5.56 Å². The molecular formula is C10H12FNO2. The van der Waals surface area contributed by atoms with Gasteiger partial charge in [-0.1, -0.05) is 6.07 Å². The van der Waals surface area contributed by atoms with Crippen LogP contribution in [0.1, 0.15) is 5.56 Å². The topological polar surface area (TPSA) is 41.5 Å². The summed E-state index contributed by atoms with van der Waals surface area (Å²) in [5.41, 5.74) is 1.25. The Morgan fingerprint density at radius 2 is 2.36 bits per heavy atom. The highest BCUT2D eigenvalue weighted by molar-refractivity contribution is 5.58. The lowest BCUT2D eigenvalue weighted by atomic mass is 10.0. The van der Waals surface area contributed by atoms with E-state index in [4.69, 9.17) is 4.74 Å². The Labute approximate surface area is 81.5 Å². The maximum Gasteiger partial charge on any atom is 0.188 e. The lowest BCUT2D eigenvalue weighted by molar-refractivity contribution is 0.184. The Bertz CT molecular complexity index is 354. The van der Waals surface area contributed by atoms with Gasteiger partial charge in [-0.15, -0.1) is 0 Å². The van der Waals surface area contributed by atoms with Gasteiger partial charge in [-0.3, -0.25) is 0 Å². The minimum atomic E-state index is -0.435. The van der Waals surface area contributed by atoms with Gasteiger partial charge in [0, 0.05) is 13.0 Å². The minimum Gasteiger partial charge on any atom is -0.494 e. The molecule has 2 rings (SSSR count). The molecule has 3 nitrogen and oxygen atoms in total. The molecular weight excluding hydrogens is 185 g/mol. The zero-order valence-electron chi connectivity index (χ0n) is 7.88. The van der Waals surface area contributed by atoms with Crippen LogP contribution in [0.2, 0.25) is 0 Å². The van der Waals surface area contributed by atoms with Crippen molar-refractivity contribution in [1.82, 2.24) is 0 Å². The van der Waals surface area contributed by atoms with Crippen molar-refractivity contribution in [3.05, 3.63) is 23.5 Å². The summed E-state index contributed by atoms with van der Waals surface area (Å²) in [5.74, 6) is -0.149. The van der Waals surface area contributed by atoms with E-state index in [0.29, 0.717) is 18.7 Å². The molecule has 0 spiro atoms. The van der Waals surface area contributed by atoms with Crippen molar-refractivity contribution in [2.75, 3.05) is 19.0 Å². The summed E-state index contributed by atoms with van der Waals surface area (Å²) in [6.07, 6.45) is 0.0544. The highest BCUT2D eigenvalue weighted by atomic mass is 19.1. The molecule has 1 aromatic rings. The van der Waals surface area contributed by atoms with Crippen molar-refractivity contribution in [3.8, 4) is 5.75 Å². The van der Waals surface area contributed by atoms with E-state index in [1.54, 1.807) is 12.1 Å². The first kappa shape index (κ1) is 9.27. The number of anilines is 1. The van der Waals surface area contributed by atoms with Crippen LogP contribution in [0.25, 0.3) is 0 Å². The summed E-state index contributed by atoms with van der Waals surface area (Å²) in [6, 6.07) is 3.35. The minimum absolute atomic E-state index is 0.229. The fraction of sp³-hybridized carbons (Fsp3) is 0.400. The average molecular weight is 197 g/mol. The summed E-state index contributed by atoms with van der Waals surface area (Å²) in [4.78, 5) is 0. The Morgan fingerprint density at radius 3 is 3.07 bits per heavy atom. The lowest BCUT2D eigenvalue weighted by Gasteiger charge is -2.23. The molecule has 0 fully saturated rings. The van der Waals surface area contributed by atoms with Crippen molar-refractivity contribution in [1.29, 1.82) is 0 Å². The summed E-state index contributed by atoms with van der Waals surface area (Å²) in [7, 11) is 1.43. The van der Waals surface area contributed by atoms with Gasteiger partial charge in [-0.25, -0.2) is 4.39 Å². The molecule has 2 N–H and O–H groups in total. The van der Waals surface area contributed by atoms with E-state index in [9.17, 15) is 9.50 Å². The van der Waals surface area contributed by atoms with Crippen LogP contribution in [0, 0.1) is 5.82 Å². The Balaban J connectivity index is 2.43. The Kier molecular flexibility index (Phi) is 2.29. The molecule has 14 heavy (non-hydrogen) atoms. The van der Waals surface area contributed by atoms with Gasteiger partial charge in [0.05, 0.1) is 18.9 Å². The molecule has 1 unspecified atom stereocenters. The molecule has 0 radical (unpaired) electrons. The van der Waals surface area contributed by atoms with E-state index >= 15 is 0 Å². The van der Waals surface area contributed by atoms with Gasteiger partial charge >= 0.3 is 0 Å². The molecule has 0 saturated heterocycles. The predicted octanol–water partition coefficient (Wildman–Crippen LogP) is 1.16. The fourth-order valence-electron chi connectivity index (χ4n) is 1.66. The average Bonchev–Trinajstić information content (AvgIpc) is 2.18. The second-order valence-corrected chi connectivity index (χ2v) is 3.35. The third kappa shape index (κ3) is 1.42. The van der Waals surface area contributed by atoms with Gasteiger partial charge in [0.15, 0.2) is 11.6 Å². The number of ether oxygens (including phenoxy) is 1. The van der Waals surface area contributed by atoms with Crippen LogP contribution in [-0.4, -0.2) is 24.9 Å². The fourth-order valence-corrected chi connectivity index (χ4v) is 1.66. The summed E-state index contributed by atoms with van der Waals surface area (Å²) in [6.45, 7) is 0.386. The molecule has 1 atom stereocenters. The van der Waals surface area contributed by atoms with E-state index in [1.165, 1.54) is 7.11 Å². The van der Waals surface area contributed by atoms with Crippen LogP contribution < -0.4 is 10.1 Å². The van der Waals surface area contributed by atoms with Crippen molar-refractivity contribution in [2.24, 2.45) is 0 Å². The quantitative estimate of drug-likeness (QED) is 0.710. The second kappa shape index (κ2) is 3.46. The Hall–Kier alpha value is -1.29. The lowest BCUT2D eigenvalue weighted by Crippen LogP contribution is -2.28.